The van der Waals surface area contributed by atoms with Crippen LogP contribution >= 0.6 is 0 Å². The van der Waals surface area contributed by atoms with Crippen LogP contribution in [0, 0.1) is 0 Å². The summed E-state index contributed by atoms with van der Waals surface area (Å²) in [6, 6.07) is 60.2. The van der Waals surface area contributed by atoms with Crippen molar-refractivity contribution in [3.05, 3.63) is 170 Å². The number of fused-ring (bicyclic) bond motifs is 12. The van der Waals surface area contributed by atoms with Crippen LogP contribution in [0.5, 0.6) is 0 Å². The van der Waals surface area contributed by atoms with Gasteiger partial charge in [0.05, 0.1) is 27.5 Å². The summed E-state index contributed by atoms with van der Waals surface area (Å²) in [4.78, 5) is 10.8. The number of para-hydroxylation sites is 2. The highest BCUT2D eigenvalue weighted by Crippen LogP contribution is 2.42. The van der Waals surface area contributed by atoms with Crippen molar-refractivity contribution in [3.63, 3.8) is 0 Å². The maximum Gasteiger partial charge on any atom is 0.236 e. The van der Waals surface area contributed by atoms with E-state index >= 15 is 0 Å². The minimum atomic E-state index is 0.607. The van der Waals surface area contributed by atoms with Gasteiger partial charge in [0.15, 0.2) is 5.58 Å². The number of hydrogen-bond donors (Lipinski definition) is 0. The number of aromatic nitrogens is 4. The van der Waals surface area contributed by atoms with Gasteiger partial charge in [-0.3, -0.25) is 4.57 Å². The van der Waals surface area contributed by atoms with E-state index in [2.05, 4.69) is 161 Å². The fourth-order valence-corrected chi connectivity index (χ4v) is 8.53. The van der Waals surface area contributed by atoms with Gasteiger partial charge in [0, 0.05) is 32.8 Å². The lowest BCUT2D eigenvalue weighted by molar-refractivity contribution is 0.667. The van der Waals surface area contributed by atoms with Gasteiger partial charge >= 0.3 is 0 Å². The zero-order chi connectivity index (χ0) is 34.6. The summed E-state index contributed by atoms with van der Waals surface area (Å²) >= 11 is 0. The molecule has 5 nitrogen and oxygen atoms in total. The Morgan fingerprint density at radius 2 is 1.02 bits per heavy atom. The van der Waals surface area contributed by atoms with Crippen LogP contribution in [-0.2, 0) is 0 Å². The van der Waals surface area contributed by atoms with E-state index in [-0.39, 0.29) is 0 Å². The quantitative estimate of drug-likeness (QED) is 0.187. The summed E-state index contributed by atoms with van der Waals surface area (Å²) in [5.74, 6) is 0.607. The Labute approximate surface area is 302 Å². The molecular formula is C48H28N4O. The lowest BCUT2D eigenvalue weighted by Gasteiger charge is -2.10. The molecule has 8 aromatic carbocycles. The molecule has 0 N–H and O–H groups in total. The topological polar surface area (TPSA) is 48.8 Å². The molecule has 0 amide bonds. The third-order valence-electron chi connectivity index (χ3n) is 10.9. The Bertz CT molecular complexity index is 3460. The molecule has 4 aromatic heterocycles. The van der Waals surface area contributed by atoms with Gasteiger partial charge in [0.2, 0.25) is 5.95 Å². The Morgan fingerprint density at radius 1 is 0.415 bits per heavy atom. The summed E-state index contributed by atoms with van der Waals surface area (Å²) in [7, 11) is 0. The van der Waals surface area contributed by atoms with Crippen LogP contribution in [0.25, 0.3) is 110 Å². The highest BCUT2D eigenvalue weighted by Gasteiger charge is 2.23. The molecule has 0 spiro atoms. The Hall–Kier alpha value is -7.24. The summed E-state index contributed by atoms with van der Waals surface area (Å²) < 4.78 is 11.3. The molecule has 0 fully saturated rings. The van der Waals surface area contributed by atoms with Crippen molar-refractivity contribution in [2.24, 2.45) is 0 Å². The van der Waals surface area contributed by atoms with Gasteiger partial charge < -0.3 is 8.98 Å². The van der Waals surface area contributed by atoms with Crippen LogP contribution in [0.3, 0.4) is 0 Å². The lowest BCUT2D eigenvalue weighted by atomic mass is 10.1. The average molecular weight is 677 g/mol. The van der Waals surface area contributed by atoms with Crippen molar-refractivity contribution in [2.75, 3.05) is 0 Å². The lowest BCUT2D eigenvalue weighted by Crippen LogP contribution is -2.03. The zero-order valence-corrected chi connectivity index (χ0v) is 28.4. The molecule has 0 atom stereocenters. The van der Waals surface area contributed by atoms with Crippen molar-refractivity contribution in [1.82, 2.24) is 19.1 Å². The minimum absolute atomic E-state index is 0.607. The number of furan rings is 1. The molecule has 0 saturated carbocycles. The van der Waals surface area contributed by atoms with E-state index < -0.39 is 0 Å². The van der Waals surface area contributed by atoms with Crippen LogP contribution in [0.1, 0.15) is 0 Å². The zero-order valence-electron chi connectivity index (χ0n) is 28.4. The molecule has 0 saturated heterocycles. The Morgan fingerprint density at radius 3 is 1.79 bits per heavy atom. The van der Waals surface area contributed by atoms with E-state index in [0.717, 1.165) is 71.5 Å². The highest BCUT2D eigenvalue weighted by atomic mass is 16.3. The number of benzene rings is 8. The number of rotatable bonds is 3. The van der Waals surface area contributed by atoms with Crippen LogP contribution in [0.15, 0.2) is 174 Å². The second kappa shape index (κ2) is 10.6. The molecule has 12 rings (SSSR count). The summed E-state index contributed by atoms with van der Waals surface area (Å²) in [6.07, 6.45) is 0. The predicted octanol–water partition coefficient (Wildman–Crippen LogP) is 12.5. The van der Waals surface area contributed by atoms with Crippen molar-refractivity contribution in [2.45, 2.75) is 0 Å². The van der Waals surface area contributed by atoms with Gasteiger partial charge in [0.25, 0.3) is 0 Å². The first kappa shape index (κ1) is 28.5. The molecule has 53 heavy (non-hydrogen) atoms. The third-order valence-corrected chi connectivity index (χ3v) is 10.9. The van der Waals surface area contributed by atoms with E-state index in [1.54, 1.807) is 0 Å². The largest absolute Gasteiger partial charge is 0.452 e. The molecule has 0 unspecified atom stereocenters. The molecule has 0 aliphatic heterocycles. The Balaban J connectivity index is 1.21. The normalized spacial score (nSPS) is 12.2. The molecule has 4 heterocycles. The molecular weight excluding hydrogens is 649 g/mol. The maximum absolute atomic E-state index is 6.63. The number of nitrogens with zero attached hydrogens (tertiary/aromatic N) is 4. The van der Waals surface area contributed by atoms with Gasteiger partial charge in [-0.15, -0.1) is 0 Å². The first-order valence-corrected chi connectivity index (χ1v) is 17.9. The maximum atomic E-state index is 6.63. The Kier molecular flexibility index (Phi) is 5.71. The van der Waals surface area contributed by atoms with E-state index in [4.69, 9.17) is 14.4 Å². The molecule has 0 radical (unpaired) electrons. The minimum Gasteiger partial charge on any atom is -0.452 e. The van der Waals surface area contributed by atoms with Crippen LogP contribution in [-0.4, -0.2) is 19.1 Å². The predicted molar refractivity (Wildman–Crippen MR) is 218 cm³/mol. The van der Waals surface area contributed by atoms with Gasteiger partial charge in [-0.25, -0.2) is 9.97 Å². The SMILES string of the molecule is c1ccc(-c2nc(-n3c4ccccc4c4cc5c(cc43)c3ccccc3n5-c3ccc4ccccc4c3)nc3c2oc2ccc4ccccc4c23)cc1. The van der Waals surface area contributed by atoms with E-state index in [1.165, 1.54) is 27.1 Å². The average Bonchev–Trinajstić information content (AvgIpc) is 3.87. The first-order valence-electron chi connectivity index (χ1n) is 17.9. The summed E-state index contributed by atoms with van der Waals surface area (Å²) in [6.45, 7) is 0. The van der Waals surface area contributed by atoms with Crippen molar-refractivity contribution in [1.29, 1.82) is 0 Å². The number of hydrogen-bond acceptors (Lipinski definition) is 3. The molecule has 0 aliphatic carbocycles. The molecule has 12 aromatic rings. The van der Waals surface area contributed by atoms with E-state index in [1.807, 2.05) is 18.2 Å². The van der Waals surface area contributed by atoms with Crippen LogP contribution < -0.4 is 0 Å². The van der Waals surface area contributed by atoms with Crippen molar-refractivity contribution >= 4 is 87.2 Å². The third kappa shape index (κ3) is 4.02. The second-order valence-corrected chi connectivity index (χ2v) is 13.8. The van der Waals surface area contributed by atoms with Crippen molar-refractivity contribution < 1.29 is 4.42 Å². The fourth-order valence-electron chi connectivity index (χ4n) is 8.53. The first-order chi connectivity index (χ1) is 26.3. The van der Waals surface area contributed by atoms with Crippen molar-refractivity contribution in [3.8, 4) is 22.9 Å². The summed E-state index contributed by atoms with van der Waals surface area (Å²) in [5, 5.41) is 10.4. The van der Waals surface area contributed by atoms with Crippen LogP contribution in [0.2, 0.25) is 0 Å². The smallest absolute Gasteiger partial charge is 0.236 e. The van der Waals surface area contributed by atoms with E-state index in [9.17, 15) is 0 Å². The molecule has 246 valence electrons. The monoisotopic (exact) mass is 676 g/mol. The molecule has 0 aliphatic rings. The van der Waals surface area contributed by atoms with E-state index in [0.29, 0.717) is 11.5 Å². The van der Waals surface area contributed by atoms with Gasteiger partial charge in [-0.2, -0.15) is 0 Å². The van der Waals surface area contributed by atoms with Gasteiger partial charge in [-0.05, 0) is 64.0 Å². The molecule has 5 heteroatoms. The summed E-state index contributed by atoms with van der Waals surface area (Å²) in [5.41, 5.74) is 9.60. The van der Waals surface area contributed by atoms with Gasteiger partial charge in [0.1, 0.15) is 16.8 Å². The second-order valence-electron chi connectivity index (χ2n) is 13.8. The highest BCUT2D eigenvalue weighted by molar-refractivity contribution is 6.21. The molecule has 0 bridgehead atoms. The van der Waals surface area contributed by atoms with Gasteiger partial charge in [-0.1, -0.05) is 127 Å². The van der Waals surface area contributed by atoms with Crippen LogP contribution in [0.4, 0.5) is 0 Å². The fraction of sp³-hybridized carbons (Fsp3) is 0. The standard InChI is InChI=1S/C48H28N4O/c1-2-14-31(15-3-1)45-47-46(44-34-17-7-6-13-30(34)23-25-43(44)53-47)50-48(49-45)52-40-21-11-9-19-36(40)38-27-41-37(28-42(38)52)35-18-8-10-20-39(35)51(41)33-24-22-29-12-4-5-16-32(29)26-33/h1-28H.